The van der Waals surface area contributed by atoms with Gasteiger partial charge in [-0.2, -0.15) is 0 Å². The maximum atomic E-state index is 11.0. The van der Waals surface area contributed by atoms with Crippen LogP contribution in [0.5, 0.6) is 0 Å². The predicted octanol–water partition coefficient (Wildman–Crippen LogP) is 3.51. The fourth-order valence-electron chi connectivity index (χ4n) is 0.529. The van der Waals surface area contributed by atoms with Crippen LogP contribution in [-0.2, 0) is 9.53 Å². The van der Waals surface area contributed by atoms with Gasteiger partial charge in [0, 0.05) is 12.3 Å². The topological polar surface area (TPSA) is 26.3 Å². The van der Waals surface area contributed by atoms with E-state index < -0.39 is 0 Å². The molecule has 0 bridgehead atoms. The van der Waals surface area contributed by atoms with Crippen molar-refractivity contribution in [3.63, 3.8) is 0 Å². The predicted molar refractivity (Wildman–Crippen MR) is 75.5 cm³/mol. The lowest BCUT2D eigenvalue weighted by atomic mass is 10.3. The third-order valence-corrected chi connectivity index (χ3v) is 6.41. The Morgan fingerprint density at radius 3 is 2.62 bits per heavy atom. The molecular weight excluding hydrogens is 485 g/mol. The van der Waals surface area contributed by atoms with Gasteiger partial charge in [0.25, 0.3) is 0 Å². The minimum absolute atomic E-state index is 0.160. The van der Waals surface area contributed by atoms with Crippen LogP contribution in [0.2, 0.25) is 0 Å². The van der Waals surface area contributed by atoms with Gasteiger partial charge in [-0.3, -0.25) is 4.79 Å². The van der Waals surface area contributed by atoms with E-state index in [-0.39, 0.29) is 5.97 Å². The van der Waals surface area contributed by atoms with Gasteiger partial charge in [0.15, 0.2) is 0 Å². The number of rotatable bonds is 6. The van der Waals surface area contributed by atoms with Crippen LogP contribution in [0.15, 0.2) is 0 Å². The van der Waals surface area contributed by atoms with Gasteiger partial charge < -0.3 is 4.74 Å². The number of carbonyl (C=O) groups is 1. The van der Waals surface area contributed by atoms with Crippen molar-refractivity contribution in [2.45, 2.75) is 19.6 Å². The molecule has 0 saturated carbocycles. The van der Waals surface area contributed by atoms with Crippen molar-refractivity contribution in [3.05, 3.63) is 0 Å². The van der Waals surface area contributed by atoms with E-state index in [1.165, 1.54) is 0 Å². The molecule has 0 aromatic carbocycles. The van der Waals surface area contributed by atoms with E-state index in [2.05, 4.69) is 61.1 Å². The molecule has 0 aliphatic rings. The molecule has 78 valence electrons. The highest BCUT2D eigenvalue weighted by Gasteiger charge is 2.14. The summed E-state index contributed by atoms with van der Waals surface area (Å²) in [6.45, 7) is 0.459. The molecule has 0 aromatic heterocycles. The number of hydrogen-bond acceptors (Lipinski definition) is 2. The molecule has 0 N–H and O–H groups in total. The van der Waals surface area contributed by atoms with Gasteiger partial charge in [0.2, 0.25) is 0 Å². The Balaban J connectivity index is 3.46. The average molecular weight is 495 g/mol. The summed E-state index contributed by atoms with van der Waals surface area (Å²) in [6, 6.07) is 0. The second kappa shape index (κ2) is 8.96. The lowest BCUT2D eigenvalue weighted by Crippen LogP contribution is -2.18. The van der Waals surface area contributed by atoms with Gasteiger partial charge in [0.05, 0.1) is 6.76 Å². The van der Waals surface area contributed by atoms with Crippen LogP contribution >= 0.6 is 72.7 Å². The number of ether oxygens (including phenoxy) is 1. The smallest absolute Gasteiger partial charge is 0.305 e. The summed E-state index contributed by atoms with van der Waals surface area (Å²) in [4.78, 5) is 11.0. The number of esters is 1. The zero-order valence-corrected chi connectivity index (χ0v) is 13.5. The molecule has 0 amide bonds. The Bertz CT molecular complexity index is 157. The molecule has 13 heavy (non-hydrogen) atoms. The van der Waals surface area contributed by atoms with Gasteiger partial charge in [-0.1, -0.05) is 61.1 Å². The second-order valence-corrected chi connectivity index (χ2v) is 8.34. The number of alkyl halides is 4. The highest BCUT2D eigenvalue weighted by Crippen LogP contribution is 2.21. The quantitative estimate of drug-likeness (QED) is 0.321. The molecule has 6 heteroatoms. The number of carbonyl (C=O) groups excluding carboxylic acids is 1. The Morgan fingerprint density at radius 1 is 1.54 bits per heavy atom. The SMILES string of the molecule is O=C(CCCCl)OCC(I)C(Br)I. The number of halogens is 4. The van der Waals surface area contributed by atoms with Crippen LogP contribution in [0, 0.1) is 0 Å². The molecule has 0 fully saturated rings. The van der Waals surface area contributed by atoms with E-state index in [1.54, 1.807) is 0 Å². The minimum Gasteiger partial charge on any atom is -0.464 e. The Kier molecular flexibility index (Phi) is 10.1. The maximum Gasteiger partial charge on any atom is 0.305 e. The van der Waals surface area contributed by atoms with E-state index in [4.69, 9.17) is 16.3 Å². The van der Waals surface area contributed by atoms with E-state index >= 15 is 0 Å². The number of hydrogen-bond donors (Lipinski definition) is 0. The normalized spacial score (nSPS) is 15.1. The lowest BCUT2D eigenvalue weighted by molar-refractivity contribution is -0.143. The Hall–Kier alpha value is 1.70. The van der Waals surface area contributed by atoms with Crippen molar-refractivity contribution in [2.75, 3.05) is 12.5 Å². The van der Waals surface area contributed by atoms with E-state index in [1.807, 2.05) is 0 Å². The first-order chi connectivity index (χ1) is 6.07. The molecule has 2 unspecified atom stereocenters. The molecular formula is C7H10BrClI2O2. The van der Waals surface area contributed by atoms with Crippen molar-refractivity contribution in [2.24, 2.45) is 0 Å². The summed E-state index contributed by atoms with van der Waals surface area (Å²) in [7, 11) is 0. The first-order valence-electron chi connectivity index (χ1n) is 3.71. The lowest BCUT2D eigenvalue weighted by Gasteiger charge is -2.11. The van der Waals surface area contributed by atoms with E-state index in [0.29, 0.717) is 32.1 Å². The summed E-state index contributed by atoms with van der Waals surface area (Å²) in [5, 5.41) is 0. The third kappa shape index (κ3) is 8.68. The Morgan fingerprint density at radius 2 is 2.15 bits per heavy atom. The molecule has 0 spiro atoms. The molecule has 0 heterocycles. The van der Waals surface area contributed by atoms with E-state index in [9.17, 15) is 4.79 Å². The molecule has 0 rings (SSSR count). The summed E-state index contributed by atoms with van der Waals surface area (Å²) in [5.74, 6) is 0.350. The van der Waals surface area contributed by atoms with Crippen LogP contribution in [0.4, 0.5) is 0 Å². The standard InChI is InChI=1S/C7H10BrClI2O2/c8-7(11)5(10)4-13-6(12)2-1-3-9/h5,7H,1-4H2. The van der Waals surface area contributed by atoms with Crippen LogP contribution in [0.3, 0.4) is 0 Å². The Labute approximate surface area is 119 Å². The van der Waals surface area contributed by atoms with Gasteiger partial charge >= 0.3 is 5.97 Å². The monoisotopic (exact) mass is 494 g/mol. The minimum atomic E-state index is -0.160. The average Bonchev–Trinajstić information content (AvgIpc) is 2.10. The molecule has 0 saturated heterocycles. The third-order valence-electron chi connectivity index (χ3n) is 1.19. The maximum absolute atomic E-state index is 11.0. The fourth-order valence-corrected chi connectivity index (χ4v) is 1.20. The first kappa shape index (κ1) is 14.7. The van der Waals surface area contributed by atoms with Crippen molar-refractivity contribution >= 4 is 78.7 Å². The van der Waals surface area contributed by atoms with Crippen molar-refractivity contribution in [1.29, 1.82) is 0 Å². The van der Waals surface area contributed by atoms with Crippen molar-refractivity contribution < 1.29 is 9.53 Å². The molecule has 0 aromatic rings. The molecule has 2 nitrogen and oxygen atoms in total. The van der Waals surface area contributed by atoms with Gasteiger partial charge in [0.1, 0.15) is 6.61 Å². The first-order valence-corrected chi connectivity index (χ1v) is 7.66. The van der Waals surface area contributed by atoms with Gasteiger partial charge in [-0.15, -0.1) is 11.6 Å². The van der Waals surface area contributed by atoms with Gasteiger partial charge in [-0.25, -0.2) is 0 Å². The highest BCUT2D eigenvalue weighted by atomic mass is 127. The van der Waals surface area contributed by atoms with Crippen molar-refractivity contribution in [1.82, 2.24) is 0 Å². The largest absolute Gasteiger partial charge is 0.464 e. The van der Waals surface area contributed by atoms with Gasteiger partial charge in [-0.05, 0) is 6.42 Å². The molecule has 2 atom stereocenters. The molecule has 0 aliphatic heterocycles. The van der Waals surface area contributed by atoms with Crippen molar-refractivity contribution in [3.8, 4) is 0 Å². The molecule has 0 aliphatic carbocycles. The van der Waals surface area contributed by atoms with Crippen LogP contribution in [0.1, 0.15) is 12.8 Å². The summed E-state index contributed by atoms with van der Waals surface area (Å²) in [5.41, 5.74) is 0. The van der Waals surface area contributed by atoms with Crippen LogP contribution < -0.4 is 0 Å². The summed E-state index contributed by atoms with van der Waals surface area (Å²) >= 11 is 13.3. The second-order valence-electron chi connectivity index (χ2n) is 2.33. The summed E-state index contributed by atoms with van der Waals surface area (Å²) in [6.07, 6.45) is 1.11. The fraction of sp³-hybridized carbons (Fsp3) is 0.857. The zero-order chi connectivity index (χ0) is 10.3. The van der Waals surface area contributed by atoms with Crippen LogP contribution in [0.25, 0.3) is 0 Å². The van der Waals surface area contributed by atoms with Crippen LogP contribution in [-0.4, -0.2) is 25.2 Å². The zero-order valence-electron chi connectivity index (χ0n) is 6.81. The highest BCUT2D eigenvalue weighted by molar-refractivity contribution is 14.1. The summed E-state index contributed by atoms with van der Waals surface area (Å²) < 4.78 is 5.66. The van der Waals surface area contributed by atoms with E-state index in [0.717, 1.165) is 0 Å². The molecule has 0 radical (unpaired) electrons.